The van der Waals surface area contributed by atoms with Gasteiger partial charge in [0.05, 0.1) is 6.42 Å². The van der Waals surface area contributed by atoms with E-state index in [0.717, 1.165) is 5.56 Å². The van der Waals surface area contributed by atoms with Crippen molar-refractivity contribution in [2.75, 3.05) is 7.05 Å². The van der Waals surface area contributed by atoms with Crippen LogP contribution in [0.3, 0.4) is 0 Å². The fourth-order valence-corrected chi connectivity index (χ4v) is 1.36. The Kier molecular flexibility index (Phi) is 4.51. The molecule has 4 heteroatoms. The van der Waals surface area contributed by atoms with Gasteiger partial charge in [-0.3, -0.25) is 9.59 Å². The number of benzene rings is 1. The summed E-state index contributed by atoms with van der Waals surface area (Å²) in [6, 6.07) is 8.92. The zero-order valence-electron chi connectivity index (χ0n) is 9.49. The van der Waals surface area contributed by atoms with E-state index in [-0.39, 0.29) is 11.8 Å². The molecule has 0 bridgehead atoms. The van der Waals surface area contributed by atoms with Crippen LogP contribution in [-0.2, 0) is 16.0 Å². The number of rotatable bonds is 4. The van der Waals surface area contributed by atoms with E-state index < -0.39 is 6.04 Å². The first-order valence-corrected chi connectivity index (χ1v) is 5.18. The van der Waals surface area contributed by atoms with Crippen LogP contribution in [0.5, 0.6) is 0 Å². The van der Waals surface area contributed by atoms with Gasteiger partial charge in [-0.05, 0) is 12.5 Å². The van der Waals surface area contributed by atoms with Crippen molar-refractivity contribution in [2.45, 2.75) is 19.4 Å². The second-order valence-electron chi connectivity index (χ2n) is 3.57. The van der Waals surface area contributed by atoms with Crippen molar-refractivity contribution < 1.29 is 9.59 Å². The summed E-state index contributed by atoms with van der Waals surface area (Å²) < 4.78 is 0. The molecule has 1 rings (SSSR count). The van der Waals surface area contributed by atoms with Crippen molar-refractivity contribution in [3.63, 3.8) is 0 Å². The van der Waals surface area contributed by atoms with Crippen molar-refractivity contribution in [2.24, 2.45) is 0 Å². The monoisotopic (exact) mass is 220 g/mol. The molecule has 4 nitrogen and oxygen atoms in total. The second-order valence-corrected chi connectivity index (χ2v) is 3.57. The molecule has 0 fully saturated rings. The van der Waals surface area contributed by atoms with Crippen molar-refractivity contribution in [3.8, 4) is 0 Å². The summed E-state index contributed by atoms with van der Waals surface area (Å²) in [5.74, 6) is -0.344. The molecule has 0 spiro atoms. The summed E-state index contributed by atoms with van der Waals surface area (Å²) in [5, 5.41) is 5.11. The van der Waals surface area contributed by atoms with E-state index in [9.17, 15) is 9.59 Å². The van der Waals surface area contributed by atoms with Gasteiger partial charge in [0.1, 0.15) is 6.04 Å². The van der Waals surface area contributed by atoms with Crippen LogP contribution in [-0.4, -0.2) is 24.9 Å². The van der Waals surface area contributed by atoms with E-state index >= 15 is 0 Å². The topological polar surface area (TPSA) is 58.2 Å². The predicted molar refractivity (Wildman–Crippen MR) is 61.8 cm³/mol. The lowest BCUT2D eigenvalue weighted by atomic mass is 10.1. The highest BCUT2D eigenvalue weighted by molar-refractivity contribution is 5.87. The van der Waals surface area contributed by atoms with Crippen LogP contribution in [0.15, 0.2) is 30.3 Å². The van der Waals surface area contributed by atoms with Gasteiger partial charge in [0.25, 0.3) is 0 Å². The third-order valence-corrected chi connectivity index (χ3v) is 2.22. The molecule has 86 valence electrons. The van der Waals surface area contributed by atoms with Crippen molar-refractivity contribution >= 4 is 11.8 Å². The maximum absolute atomic E-state index is 11.6. The predicted octanol–water partition coefficient (Wildman–Crippen LogP) is 0.480. The van der Waals surface area contributed by atoms with Gasteiger partial charge in [0.15, 0.2) is 0 Å². The molecular weight excluding hydrogens is 204 g/mol. The van der Waals surface area contributed by atoms with Crippen LogP contribution >= 0.6 is 0 Å². The lowest BCUT2D eigenvalue weighted by molar-refractivity contribution is -0.128. The summed E-state index contributed by atoms with van der Waals surface area (Å²) in [5.41, 5.74) is 0.934. The normalized spacial score (nSPS) is 11.6. The number of hydrogen-bond donors (Lipinski definition) is 2. The van der Waals surface area contributed by atoms with Crippen LogP contribution in [0.1, 0.15) is 12.5 Å². The van der Waals surface area contributed by atoms with Crippen molar-refractivity contribution in [1.82, 2.24) is 10.6 Å². The highest BCUT2D eigenvalue weighted by atomic mass is 16.2. The smallest absolute Gasteiger partial charge is 0.242 e. The molecule has 1 aromatic rings. The Labute approximate surface area is 95.0 Å². The SMILES string of the molecule is CNC(=O)[C@H](C)NC(=O)Cc1ccccc1. The van der Waals surface area contributed by atoms with Crippen LogP contribution in [0.25, 0.3) is 0 Å². The Hall–Kier alpha value is -1.84. The number of carbonyl (C=O) groups is 2. The Morgan fingerprint density at radius 3 is 2.44 bits per heavy atom. The molecule has 0 heterocycles. The molecule has 0 aliphatic rings. The molecule has 0 unspecified atom stereocenters. The van der Waals surface area contributed by atoms with E-state index in [1.807, 2.05) is 30.3 Å². The maximum Gasteiger partial charge on any atom is 0.242 e. The van der Waals surface area contributed by atoms with E-state index in [2.05, 4.69) is 10.6 Å². The number of carbonyl (C=O) groups excluding carboxylic acids is 2. The van der Waals surface area contributed by atoms with Crippen molar-refractivity contribution in [1.29, 1.82) is 0 Å². The lowest BCUT2D eigenvalue weighted by Gasteiger charge is -2.12. The molecule has 0 aromatic heterocycles. The van der Waals surface area contributed by atoms with E-state index in [1.165, 1.54) is 0 Å². The van der Waals surface area contributed by atoms with Crippen LogP contribution in [0, 0.1) is 0 Å². The molecule has 1 atom stereocenters. The van der Waals surface area contributed by atoms with Gasteiger partial charge in [-0.15, -0.1) is 0 Å². The third kappa shape index (κ3) is 3.73. The molecular formula is C12H16N2O2. The minimum Gasteiger partial charge on any atom is -0.357 e. The van der Waals surface area contributed by atoms with Crippen LogP contribution < -0.4 is 10.6 Å². The zero-order valence-corrected chi connectivity index (χ0v) is 9.49. The molecule has 16 heavy (non-hydrogen) atoms. The molecule has 2 amide bonds. The first-order chi connectivity index (χ1) is 7.63. The molecule has 0 radical (unpaired) electrons. The van der Waals surface area contributed by atoms with Gasteiger partial charge >= 0.3 is 0 Å². The Morgan fingerprint density at radius 2 is 1.88 bits per heavy atom. The van der Waals surface area contributed by atoms with E-state index in [1.54, 1.807) is 14.0 Å². The third-order valence-electron chi connectivity index (χ3n) is 2.22. The summed E-state index contributed by atoms with van der Waals surface area (Å²) in [6.07, 6.45) is 0.294. The highest BCUT2D eigenvalue weighted by Crippen LogP contribution is 1.99. The quantitative estimate of drug-likeness (QED) is 0.775. The van der Waals surface area contributed by atoms with Crippen LogP contribution in [0.4, 0.5) is 0 Å². The van der Waals surface area contributed by atoms with Gasteiger partial charge in [-0.25, -0.2) is 0 Å². The van der Waals surface area contributed by atoms with Gasteiger partial charge in [-0.2, -0.15) is 0 Å². The first kappa shape index (κ1) is 12.2. The summed E-state index contributed by atoms with van der Waals surface area (Å²) in [6.45, 7) is 1.65. The molecule has 2 N–H and O–H groups in total. The summed E-state index contributed by atoms with van der Waals surface area (Å²) in [7, 11) is 1.54. The Morgan fingerprint density at radius 1 is 1.25 bits per heavy atom. The molecule has 0 saturated carbocycles. The average Bonchev–Trinajstić information content (AvgIpc) is 2.29. The maximum atomic E-state index is 11.6. The van der Waals surface area contributed by atoms with Gasteiger partial charge in [0, 0.05) is 7.05 Å². The van der Waals surface area contributed by atoms with Crippen LogP contribution in [0.2, 0.25) is 0 Å². The summed E-state index contributed by atoms with van der Waals surface area (Å²) >= 11 is 0. The summed E-state index contributed by atoms with van der Waals surface area (Å²) in [4.78, 5) is 22.7. The highest BCUT2D eigenvalue weighted by Gasteiger charge is 2.13. The second kappa shape index (κ2) is 5.90. The molecule has 0 aliphatic carbocycles. The number of amides is 2. The Balaban J connectivity index is 2.45. The van der Waals surface area contributed by atoms with Gasteiger partial charge < -0.3 is 10.6 Å². The fourth-order valence-electron chi connectivity index (χ4n) is 1.36. The minimum absolute atomic E-state index is 0.151. The number of nitrogens with one attached hydrogen (secondary N) is 2. The number of likely N-dealkylation sites (N-methyl/N-ethyl adjacent to an activating group) is 1. The van der Waals surface area contributed by atoms with E-state index in [0.29, 0.717) is 6.42 Å². The lowest BCUT2D eigenvalue weighted by Crippen LogP contribution is -2.44. The molecule has 1 aromatic carbocycles. The van der Waals surface area contributed by atoms with Gasteiger partial charge in [-0.1, -0.05) is 30.3 Å². The standard InChI is InChI=1S/C12H16N2O2/c1-9(12(16)13-2)14-11(15)8-10-6-4-3-5-7-10/h3-7,9H,8H2,1-2H3,(H,13,16)(H,14,15)/t9-/m0/s1. The zero-order chi connectivity index (χ0) is 12.0. The molecule has 0 saturated heterocycles. The molecule has 0 aliphatic heterocycles. The van der Waals surface area contributed by atoms with Gasteiger partial charge in [0.2, 0.25) is 11.8 Å². The van der Waals surface area contributed by atoms with Crippen molar-refractivity contribution in [3.05, 3.63) is 35.9 Å². The fraction of sp³-hybridized carbons (Fsp3) is 0.333. The van der Waals surface area contributed by atoms with E-state index in [4.69, 9.17) is 0 Å². The largest absolute Gasteiger partial charge is 0.357 e. The first-order valence-electron chi connectivity index (χ1n) is 5.18. The Bertz CT molecular complexity index is 363. The number of hydrogen-bond acceptors (Lipinski definition) is 2. The minimum atomic E-state index is -0.499. The average molecular weight is 220 g/mol.